The van der Waals surface area contributed by atoms with Crippen LogP contribution < -0.4 is 9.64 Å². The third kappa shape index (κ3) is 3.17. The molecule has 6 nitrogen and oxygen atoms in total. The van der Waals surface area contributed by atoms with Gasteiger partial charge in [0.1, 0.15) is 11.4 Å². The zero-order valence-electron chi connectivity index (χ0n) is 15.9. The van der Waals surface area contributed by atoms with E-state index in [1.165, 1.54) is 0 Å². The molecule has 1 saturated heterocycles. The van der Waals surface area contributed by atoms with Gasteiger partial charge in [-0.1, -0.05) is 6.07 Å². The van der Waals surface area contributed by atoms with E-state index in [2.05, 4.69) is 14.3 Å². The number of pyridine rings is 1. The Labute approximate surface area is 159 Å². The average molecular weight is 364 g/mol. The number of carbonyl (C=O) groups is 1. The first-order valence-corrected chi connectivity index (χ1v) is 9.20. The molecule has 0 saturated carbocycles. The molecule has 0 spiro atoms. The predicted molar refractivity (Wildman–Crippen MR) is 105 cm³/mol. The largest absolute Gasteiger partial charge is 0.497 e. The summed E-state index contributed by atoms with van der Waals surface area (Å²) in [5.74, 6) is 0.916. The molecule has 0 N–H and O–H groups in total. The molecular weight excluding hydrogens is 340 g/mol. The molecule has 1 aromatic carbocycles. The number of fused-ring (bicyclic) bond motifs is 1. The Morgan fingerprint density at radius 3 is 2.67 bits per heavy atom. The van der Waals surface area contributed by atoms with Crippen molar-refractivity contribution in [3.05, 3.63) is 60.0 Å². The zero-order chi connectivity index (χ0) is 19.0. The van der Waals surface area contributed by atoms with Crippen molar-refractivity contribution in [3.8, 4) is 5.75 Å². The smallest absolute Gasteiger partial charge is 0.244 e. The Morgan fingerprint density at radius 2 is 1.93 bits per heavy atom. The SMILES string of the molecule is COc1ccc(N2CCN(Cc3c(C)nc4ccccn34)C(C)C2=O)cc1. The highest BCUT2D eigenvalue weighted by molar-refractivity contribution is 5.97. The second-order valence-electron chi connectivity index (χ2n) is 6.91. The number of hydrogen-bond acceptors (Lipinski definition) is 4. The first kappa shape index (κ1) is 17.5. The summed E-state index contributed by atoms with van der Waals surface area (Å²) in [6.07, 6.45) is 2.03. The summed E-state index contributed by atoms with van der Waals surface area (Å²) in [7, 11) is 1.64. The lowest BCUT2D eigenvalue weighted by Gasteiger charge is -2.39. The monoisotopic (exact) mass is 364 g/mol. The van der Waals surface area contributed by atoms with Crippen molar-refractivity contribution in [2.24, 2.45) is 0 Å². The molecule has 3 heterocycles. The summed E-state index contributed by atoms with van der Waals surface area (Å²) in [5.41, 5.74) is 4.01. The summed E-state index contributed by atoms with van der Waals surface area (Å²) in [6, 6.07) is 13.5. The van der Waals surface area contributed by atoms with Crippen molar-refractivity contribution in [2.75, 3.05) is 25.1 Å². The van der Waals surface area contributed by atoms with E-state index in [1.54, 1.807) is 7.11 Å². The molecule has 1 fully saturated rings. The molecule has 1 amide bonds. The first-order chi connectivity index (χ1) is 13.1. The van der Waals surface area contributed by atoms with Crippen molar-refractivity contribution in [2.45, 2.75) is 26.4 Å². The van der Waals surface area contributed by atoms with Gasteiger partial charge in [-0.05, 0) is 50.2 Å². The van der Waals surface area contributed by atoms with Crippen LogP contribution in [0.25, 0.3) is 5.65 Å². The topological polar surface area (TPSA) is 50.1 Å². The van der Waals surface area contributed by atoms with Crippen LogP contribution in [0, 0.1) is 6.92 Å². The fraction of sp³-hybridized carbons (Fsp3) is 0.333. The van der Waals surface area contributed by atoms with E-state index in [0.717, 1.165) is 35.0 Å². The summed E-state index contributed by atoms with van der Waals surface area (Å²) < 4.78 is 7.32. The van der Waals surface area contributed by atoms with Crippen LogP contribution in [0.4, 0.5) is 5.69 Å². The second kappa shape index (κ2) is 7.04. The molecule has 140 valence electrons. The minimum atomic E-state index is -0.186. The lowest BCUT2D eigenvalue weighted by molar-refractivity contribution is -0.125. The van der Waals surface area contributed by atoms with E-state index in [9.17, 15) is 4.79 Å². The van der Waals surface area contributed by atoms with Gasteiger partial charge >= 0.3 is 0 Å². The number of aromatic nitrogens is 2. The molecule has 1 aliphatic heterocycles. The molecule has 0 aliphatic carbocycles. The highest BCUT2D eigenvalue weighted by atomic mass is 16.5. The Bertz CT molecular complexity index is 964. The van der Waals surface area contributed by atoms with Crippen molar-refractivity contribution < 1.29 is 9.53 Å². The van der Waals surface area contributed by atoms with Crippen molar-refractivity contribution in [3.63, 3.8) is 0 Å². The highest BCUT2D eigenvalue weighted by Gasteiger charge is 2.33. The summed E-state index contributed by atoms with van der Waals surface area (Å²) in [4.78, 5) is 21.7. The Morgan fingerprint density at radius 1 is 1.15 bits per heavy atom. The Kier molecular flexibility index (Phi) is 4.58. The van der Waals surface area contributed by atoms with Gasteiger partial charge in [-0.15, -0.1) is 0 Å². The third-order valence-corrected chi connectivity index (χ3v) is 5.35. The molecule has 1 atom stereocenters. The fourth-order valence-corrected chi connectivity index (χ4v) is 3.70. The van der Waals surface area contributed by atoms with E-state index in [4.69, 9.17) is 4.74 Å². The van der Waals surface area contributed by atoms with Gasteiger partial charge in [-0.25, -0.2) is 4.98 Å². The minimum Gasteiger partial charge on any atom is -0.497 e. The van der Waals surface area contributed by atoms with Crippen LogP contribution in [-0.4, -0.2) is 46.4 Å². The molecule has 2 aromatic heterocycles. The van der Waals surface area contributed by atoms with E-state index in [1.807, 2.05) is 67.4 Å². The standard InChI is InChI=1S/C21H24N4O2/c1-15-19(25-11-5-4-6-20(25)22-15)14-23-12-13-24(21(26)16(23)2)17-7-9-18(27-3)10-8-17/h4-11,16H,12-14H2,1-3H3. The van der Waals surface area contributed by atoms with Crippen LogP contribution in [0.15, 0.2) is 48.7 Å². The summed E-state index contributed by atoms with van der Waals surface area (Å²) in [5, 5.41) is 0. The summed E-state index contributed by atoms with van der Waals surface area (Å²) in [6.45, 7) is 6.21. The maximum Gasteiger partial charge on any atom is 0.244 e. The molecule has 0 radical (unpaired) electrons. The third-order valence-electron chi connectivity index (χ3n) is 5.35. The molecule has 3 aromatic rings. The molecule has 1 unspecified atom stereocenters. The van der Waals surface area contributed by atoms with Gasteiger partial charge in [0.15, 0.2) is 0 Å². The van der Waals surface area contributed by atoms with Gasteiger partial charge in [0.25, 0.3) is 0 Å². The fourth-order valence-electron chi connectivity index (χ4n) is 3.70. The first-order valence-electron chi connectivity index (χ1n) is 9.20. The molecular formula is C21H24N4O2. The number of imidazole rings is 1. The van der Waals surface area contributed by atoms with Gasteiger partial charge in [-0.3, -0.25) is 9.69 Å². The van der Waals surface area contributed by atoms with E-state index >= 15 is 0 Å². The molecule has 1 aliphatic rings. The van der Waals surface area contributed by atoms with Gasteiger partial charge < -0.3 is 14.0 Å². The number of hydrogen-bond donors (Lipinski definition) is 0. The maximum atomic E-state index is 13.0. The van der Waals surface area contributed by atoms with Crippen LogP contribution in [0.1, 0.15) is 18.3 Å². The number of carbonyl (C=O) groups excluding carboxylic acids is 1. The maximum absolute atomic E-state index is 13.0. The Balaban J connectivity index is 1.53. The van der Waals surface area contributed by atoms with Crippen LogP contribution in [0.5, 0.6) is 5.75 Å². The quantitative estimate of drug-likeness (QED) is 0.714. The summed E-state index contributed by atoms with van der Waals surface area (Å²) >= 11 is 0. The van der Waals surface area contributed by atoms with Gasteiger partial charge in [0, 0.05) is 31.5 Å². The lowest BCUT2D eigenvalue weighted by atomic mass is 10.1. The number of methoxy groups -OCH3 is 1. The number of anilines is 1. The van der Waals surface area contributed by atoms with Crippen LogP contribution >= 0.6 is 0 Å². The van der Waals surface area contributed by atoms with E-state index < -0.39 is 0 Å². The minimum absolute atomic E-state index is 0.123. The second-order valence-corrected chi connectivity index (χ2v) is 6.91. The van der Waals surface area contributed by atoms with Gasteiger partial charge in [0.05, 0.1) is 24.5 Å². The number of nitrogens with zero attached hydrogens (tertiary/aromatic N) is 4. The Hall–Kier alpha value is -2.86. The van der Waals surface area contributed by atoms with Crippen molar-refractivity contribution >= 4 is 17.2 Å². The van der Waals surface area contributed by atoms with Crippen molar-refractivity contribution in [1.29, 1.82) is 0 Å². The molecule has 6 heteroatoms. The van der Waals surface area contributed by atoms with Gasteiger partial charge in [-0.2, -0.15) is 0 Å². The zero-order valence-corrected chi connectivity index (χ0v) is 15.9. The molecule has 27 heavy (non-hydrogen) atoms. The average Bonchev–Trinajstić information content (AvgIpc) is 3.01. The number of ether oxygens (including phenoxy) is 1. The molecule has 4 rings (SSSR count). The number of benzene rings is 1. The number of amides is 1. The van der Waals surface area contributed by atoms with Crippen LogP contribution in [-0.2, 0) is 11.3 Å². The lowest BCUT2D eigenvalue weighted by Crippen LogP contribution is -2.55. The number of aryl methyl sites for hydroxylation is 1. The molecule has 0 bridgehead atoms. The highest BCUT2D eigenvalue weighted by Crippen LogP contribution is 2.24. The number of rotatable bonds is 4. The van der Waals surface area contributed by atoms with E-state index in [-0.39, 0.29) is 11.9 Å². The van der Waals surface area contributed by atoms with Gasteiger partial charge in [0.2, 0.25) is 5.91 Å². The normalized spacial score (nSPS) is 18.3. The van der Waals surface area contributed by atoms with E-state index in [0.29, 0.717) is 13.1 Å². The number of piperazine rings is 1. The van der Waals surface area contributed by atoms with Crippen molar-refractivity contribution in [1.82, 2.24) is 14.3 Å². The van der Waals surface area contributed by atoms with Crippen LogP contribution in [0.2, 0.25) is 0 Å². The predicted octanol–water partition coefficient (Wildman–Crippen LogP) is 2.89. The van der Waals surface area contributed by atoms with Crippen LogP contribution in [0.3, 0.4) is 0 Å².